The van der Waals surface area contributed by atoms with E-state index < -0.39 is 0 Å². The summed E-state index contributed by atoms with van der Waals surface area (Å²) in [6.45, 7) is 1.15. The summed E-state index contributed by atoms with van der Waals surface area (Å²) in [6, 6.07) is 28.9. The van der Waals surface area contributed by atoms with Crippen LogP contribution in [-0.4, -0.2) is 42.5 Å². The number of anilines is 1. The number of ether oxygens (including phenoxy) is 2. The van der Waals surface area contributed by atoms with Gasteiger partial charge in [0.1, 0.15) is 5.69 Å². The molecule has 4 aromatic carbocycles. The fraction of sp³-hybridized carbons (Fsp3) is 0.152. The number of aromatic amines is 1. The van der Waals surface area contributed by atoms with Gasteiger partial charge in [-0.1, -0.05) is 36.4 Å². The van der Waals surface area contributed by atoms with E-state index in [4.69, 9.17) is 9.47 Å². The average molecular weight is 532 g/mol. The van der Waals surface area contributed by atoms with E-state index in [-0.39, 0.29) is 11.8 Å². The van der Waals surface area contributed by atoms with E-state index >= 15 is 0 Å². The number of methoxy groups -OCH3 is 2. The Bertz CT molecular complexity index is 1710. The third-order valence-electron chi connectivity index (χ3n) is 7.37. The van der Waals surface area contributed by atoms with E-state index in [2.05, 4.69) is 16.4 Å². The molecule has 0 aliphatic carbocycles. The number of amides is 2. The Morgan fingerprint density at radius 1 is 0.800 bits per heavy atom. The predicted molar refractivity (Wildman–Crippen MR) is 156 cm³/mol. The van der Waals surface area contributed by atoms with Crippen molar-refractivity contribution in [3.63, 3.8) is 0 Å². The third-order valence-corrected chi connectivity index (χ3v) is 7.37. The number of carbonyl (C=O) groups excluding carboxylic acids is 2. The van der Waals surface area contributed by atoms with Gasteiger partial charge in [-0.2, -0.15) is 0 Å². The van der Waals surface area contributed by atoms with Crippen LogP contribution in [0.15, 0.2) is 91.0 Å². The molecule has 0 radical (unpaired) electrons. The number of aromatic nitrogens is 1. The summed E-state index contributed by atoms with van der Waals surface area (Å²) in [5.74, 6) is 1.20. The summed E-state index contributed by atoms with van der Waals surface area (Å²) in [5.41, 5.74) is 7.10. The van der Waals surface area contributed by atoms with Crippen LogP contribution in [0.1, 0.15) is 32.0 Å². The maximum atomic E-state index is 13.4. The van der Waals surface area contributed by atoms with Crippen molar-refractivity contribution in [2.75, 3.05) is 26.1 Å². The number of hydrogen-bond donors (Lipinski definition) is 2. The summed E-state index contributed by atoms with van der Waals surface area (Å²) >= 11 is 0. The first-order chi connectivity index (χ1) is 19.5. The minimum Gasteiger partial charge on any atom is -0.493 e. The normalized spacial score (nSPS) is 12.6. The zero-order valence-electron chi connectivity index (χ0n) is 22.4. The van der Waals surface area contributed by atoms with E-state index in [1.165, 1.54) is 5.56 Å². The highest BCUT2D eigenvalue weighted by molar-refractivity contribution is 6.04. The summed E-state index contributed by atoms with van der Waals surface area (Å²) in [7, 11) is 3.25. The number of fused-ring (bicyclic) bond motifs is 2. The van der Waals surface area contributed by atoms with Gasteiger partial charge in [0.25, 0.3) is 11.8 Å². The first-order valence-corrected chi connectivity index (χ1v) is 13.1. The Morgan fingerprint density at radius 3 is 2.23 bits per heavy atom. The van der Waals surface area contributed by atoms with Crippen LogP contribution in [0, 0.1) is 0 Å². The smallest absolute Gasteiger partial charge is 0.270 e. The maximum absolute atomic E-state index is 13.4. The molecule has 2 heterocycles. The van der Waals surface area contributed by atoms with Gasteiger partial charge in [-0.3, -0.25) is 9.59 Å². The molecule has 5 aromatic rings. The number of H-pyrrole nitrogens is 1. The molecule has 40 heavy (non-hydrogen) atoms. The number of hydrogen-bond acceptors (Lipinski definition) is 4. The van der Waals surface area contributed by atoms with Crippen molar-refractivity contribution < 1.29 is 19.1 Å². The SMILES string of the molecule is COc1cc2c(cc1OC)CN(C(=O)c1cc3cc(-c4ccc(NC(=O)c5ccccc5)cc4)ccc3[nH]1)CC2. The van der Waals surface area contributed by atoms with Gasteiger partial charge < -0.3 is 24.7 Å². The zero-order chi connectivity index (χ0) is 27.6. The van der Waals surface area contributed by atoms with Crippen LogP contribution in [0.4, 0.5) is 5.69 Å². The van der Waals surface area contributed by atoms with Crippen molar-refractivity contribution in [3.8, 4) is 22.6 Å². The predicted octanol–water partition coefficient (Wildman–Crippen LogP) is 6.30. The van der Waals surface area contributed by atoms with Crippen molar-refractivity contribution in [2.24, 2.45) is 0 Å². The van der Waals surface area contributed by atoms with Gasteiger partial charge in [0.2, 0.25) is 0 Å². The van der Waals surface area contributed by atoms with Gasteiger partial charge in [0.15, 0.2) is 11.5 Å². The molecule has 1 aliphatic rings. The Kier molecular flexibility index (Phi) is 6.70. The van der Waals surface area contributed by atoms with E-state index in [0.717, 1.165) is 39.7 Å². The average Bonchev–Trinajstić information content (AvgIpc) is 3.44. The van der Waals surface area contributed by atoms with Gasteiger partial charge >= 0.3 is 0 Å². The molecule has 7 nitrogen and oxygen atoms in total. The summed E-state index contributed by atoms with van der Waals surface area (Å²) in [4.78, 5) is 31.1. The van der Waals surface area contributed by atoms with Crippen molar-refractivity contribution in [3.05, 3.63) is 113 Å². The second-order valence-corrected chi connectivity index (χ2v) is 9.84. The summed E-state index contributed by atoms with van der Waals surface area (Å²) < 4.78 is 10.9. The number of benzene rings is 4. The zero-order valence-corrected chi connectivity index (χ0v) is 22.4. The maximum Gasteiger partial charge on any atom is 0.270 e. The molecule has 0 saturated carbocycles. The molecule has 0 atom stereocenters. The molecule has 1 aromatic heterocycles. The molecule has 200 valence electrons. The molecular weight excluding hydrogens is 502 g/mol. The van der Waals surface area contributed by atoms with Crippen molar-refractivity contribution in [1.29, 1.82) is 0 Å². The minimum absolute atomic E-state index is 0.0308. The lowest BCUT2D eigenvalue weighted by Gasteiger charge is -2.29. The van der Waals surface area contributed by atoms with Gasteiger partial charge in [-0.05, 0) is 83.3 Å². The van der Waals surface area contributed by atoms with Crippen molar-refractivity contribution in [2.45, 2.75) is 13.0 Å². The molecule has 0 unspecified atom stereocenters. The lowest BCUT2D eigenvalue weighted by Crippen LogP contribution is -2.36. The number of nitrogens with zero attached hydrogens (tertiary/aromatic N) is 1. The van der Waals surface area contributed by atoms with Crippen molar-refractivity contribution in [1.82, 2.24) is 9.88 Å². The highest BCUT2D eigenvalue weighted by Crippen LogP contribution is 2.34. The van der Waals surface area contributed by atoms with Gasteiger partial charge in [-0.25, -0.2) is 0 Å². The molecule has 2 N–H and O–H groups in total. The number of rotatable bonds is 6. The van der Waals surface area contributed by atoms with Gasteiger partial charge in [0.05, 0.1) is 14.2 Å². The van der Waals surface area contributed by atoms with Crippen LogP contribution in [0.25, 0.3) is 22.0 Å². The molecule has 6 rings (SSSR count). The monoisotopic (exact) mass is 531 g/mol. The Morgan fingerprint density at radius 2 is 1.50 bits per heavy atom. The van der Waals surface area contributed by atoms with Gasteiger partial charge in [0, 0.05) is 35.2 Å². The Labute approximate surface area is 232 Å². The minimum atomic E-state index is -0.143. The Balaban J connectivity index is 1.18. The second kappa shape index (κ2) is 10.6. The van der Waals surface area contributed by atoms with Crippen LogP contribution in [0.2, 0.25) is 0 Å². The highest BCUT2D eigenvalue weighted by Gasteiger charge is 2.25. The molecule has 1 aliphatic heterocycles. The largest absolute Gasteiger partial charge is 0.493 e. The molecule has 0 saturated heterocycles. The summed E-state index contributed by atoms with van der Waals surface area (Å²) in [6.07, 6.45) is 0.758. The molecule has 0 fully saturated rings. The van der Waals surface area contributed by atoms with Gasteiger partial charge in [-0.15, -0.1) is 0 Å². The van der Waals surface area contributed by atoms with E-state index in [9.17, 15) is 9.59 Å². The lowest BCUT2D eigenvalue weighted by atomic mass is 9.98. The number of nitrogens with one attached hydrogen (secondary N) is 2. The van der Waals surface area contributed by atoms with Crippen LogP contribution in [-0.2, 0) is 13.0 Å². The first-order valence-electron chi connectivity index (χ1n) is 13.1. The fourth-order valence-electron chi connectivity index (χ4n) is 5.19. The molecule has 0 spiro atoms. The van der Waals surface area contributed by atoms with Crippen LogP contribution in [0.5, 0.6) is 11.5 Å². The summed E-state index contributed by atoms with van der Waals surface area (Å²) in [5, 5.41) is 3.90. The number of carbonyl (C=O) groups is 2. The third kappa shape index (κ3) is 4.89. The van der Waals surface area contributed by atoms with E-state index in [1.807, 2.05) is 77.7 Å². The highest BCUT2D eigenvalue weighted by atomic mass is 16.5. The molecule has 7 heteroatoms. The lowest BCUT2D eigenvalue weighted by molar-refractivity contribution is 0.0729. The standard InChI is InChI=1S/C33H29N3O4/c1-39-30-18-24-14-15-36(20-26(24)19-31(30)40-2)33(38)29-17-25-16-23(10-13-28(25)35-29)21-8-11-27(12-9-21)34-32(37)22-6-4-3-5-7-22/h3-13,16-19,35H,14-15,20H2,1-2H3,(H,34,37). The fourth-order valence-corrected chi connectivity index (χ4v) is 5.19. The molecule has 0 bridgehead atoms. The van der Waals surface area contributed by atoms with Crippen LogP contribution in [0.3, 0.4) is 0 Å². The topological polar surface area (TPSA) is 83.7 Å². The first kappa shape index (κ1) is 25.2. The van der Waals surface area contributed by atoms with Crippen LogP contribution < -0.4 is 14.8 Å². The van der Waals surface area contributed by atoms with Crippen LogP contribution >= 0.6 is 0 Å². The Hall–Kier alpha value is -5.04. The van der Waals surface area contributed by atoms with E-state index in [0.29, 0.717) is 35.8 Å². The van der Waals surface area contributed by atoms with Crippen molar-refractivity contribution >= 4 is 28.4 Å². The van der Waals surface area contributed by atoms with E-state index in [1.54, 1.807) is 26.4 Å². The molecule has 2 amide bonds. The molecular formula is C33H29N3O4. The second-order valence-electron chi connectivity index (χ2n) is 9.84. The quantitative estimate of drug-likeness (QED) is 0.269.